The molecule has 0 fully saturated rings. The first-order chi connectivity index (χ1) is 14.1. The van der Waals surface area contributed by atoms with Crippen LogP contribution in [0.25, 0.3) is 0 Å². The maximum Gasteiger partial charge on any atom is 0.242 e. The fourth-order valence-electron chi connectivity index (χ4n) is 3.23. The van der Waals surface area contributed by atoms with Crippen molar-refractivity contribution in [2.45, 2.75) is 72.0 Å². The number of nitrogens with one attached hydrogen (secondary N) is 1. The number of carbonyl (C=O) groups is 2. The summed E-state index contributed by atoms with van der Waals surface area (Å²) in [7, 11) is 0. The summed E-state index contributed by atoms with van der Waals surface area (Å²) in [6.45, 7) is 10.0. The Balaban J connectivity index is 2.15. The molecule has 0 radical (unpaired) electrons. The standard InChI is InChI=1S/C25H33ClN2O2/c1-6-19-10-12-20(13-11-19)14-15-23(29)28(17-21-8-7-9-22(26)16-21)18(2)24(30)27-25(3,4)5/h7-13,16,18H,6,14-15,17H2,1-5H3,(H,27,30)/t18-/m0/s1. The van der Waals surface area contributed by atoms with Gasteiger partial charge in [-0.25, -0.2) is 0 Å². The van der Waals surface area contributed by atoms with Crippen LogP contribution in [0.3, 0.4) is 0 Å². The summed E-state index contributed by atoms with van der Waals surface area (Å²) in [5.41, 5.74) is 2.94. The van der Waals surface area contributed by atoms with E-state index in [-0.39, 0.29) is 17.4 Å². The molecule has 0 saturated carbocycles. The van der Waals surface area contributed by atoms with Crippen LogP contribution >= 0.6 is 11.6 Å². The molecule has 162 valence electrons. The Morgan fingerprint density at radius 3 is 2.23 bits per heavy atom. The van der Waals surface area contributed by atoms with Gasteiger partial charge in [-0.05, 0) is 69.4 Å². The first kappa shape index (κ1) is 23.9. The van der Waals surface area contributed by atoms with E-state index in [2.05, 4.69) is 36.5 Å². The number of rotatable bonds is 8. The molecule has 0 saturated heterocycles. The average molecular weight is 429 g/mol. The van der Waals surface area contributed by atoms with Crippen molar-refractivity contribution in [1.82, 2.24) is 10.2 Å². The normalized spacial score (nSPS) is 12.3. The minimum atomic E-state index is -0.585. The number of amides is 2. The molecule has 2 aromatic rings. The first-order valence-electron chi connectivity index (χ1n) is 10.5. The van der Waals surface area contributed by atoms with Crippen molar-refractivity contribution in [2.24, 2.45) is 0 Å². The molecule has 0 bridgehead atoms. The number of carbonyl (C=O) groups excluding carboxylic acids is 2. The number of hydrogen-bond acceptors (Lipinski definition) is 2. The predicted octanol–water partition coefficient (Wildman–Crippen LogP) is 5.17. The second-order valence-corrected chi connectivity index (χ2v) is 9.17. The van der Waals surface area contributed by atoms with E-state index in [1.165, 1.54) is 5.56 Å². The lowest BCUT2D eigenvalue weighted by atomic mass is 10.0. The summed E-state index contributed by atoms with van der Waals surface area (Å²) >= 11 is 6.12. The van der Waals surface area contributed by atoms with Gasteiger partial charge in [-0.2, -0.15) is 0 Å². The molecule has 0 aliphatic heterocycles. The summed E-state index contributed by atoms with van der Waals surface area (Å²) in [6, 6.07) is 15.2. The zero-order valence-electron chi connectivity index (χ0n) is 18.7. The molecular formula is C25H33ClN2O2. The summed E-state index contributed by atoms with van der Waals surface area (Å²) in [6.07, 6.45) is 1.98. The average Bonchev–Trinajstić information content (AvgIpc) is 2.69. The molecule has 0 unspecified atom stereocenters. The quantitative estimate of drug-likeness (QED) is 0.630. The Kier molecular flexibility index (Phi) is 8.48. The van der Waals surface area contributed by atoms with E-state index in [9.17, 15) is 9.59 Å². The lowest BCUT2D eigenvalue weighted by molar-refractivity contribution is -0.141. The van der Waals surface area contributed by atoms with Gasteiger partial charge in [-0.15, -0.1) is 0 Å². The number of halogens is 1. The second kappa shape index (κ2) is 10.6. The van der Waals surface area contributed by atoms with Crippen LogP contribution in [0, 0.1) is 0 Å². The molecular weight excluding hydrogens is 396 g/mol. The highest BCUT2D eigenvalue weighted by atomic mass is 35.5. The zero-order chi connectivity index (χ0) is 22.3. The van der Waals surface area contributed by atoms with Crippen molar-refractivity contribution in [2.75, 3.05) is 0 Å². The maximum absolute atomic E-state index is 13.2. The molecule has 2 amide bonds. The lowest BCUT2D eigenvalue weighted by Gasteiger charge is -2.31. The van der Waals surface area contributed by atoms with Gasteiger partial charge in [-0.3, -0.25) is 9.59 Å². The number of nitrogens with zero attached hydrogens (tertiary/aromatic N) is 1. The monoisotopic (exact) mass is 428 g/mol. The Morgan fingerprint density at radius 1 is 1.03 bits per heavy atom. The van der Waals surface area contributed by atoms with Gasteiger partial charge in [0.2, 0.25) is 11.8 Å². The molecule has 1 N–H and O–H groups in total. The summed E-state index contributed by atoms with van der Waals surface area (Å²) in [5.74, 6) is -0.212. The van der Waals surface area contributed by atoms with E-state index in [1.807, 2.05) is 39.0 Å². The van der Waals surface area contributed by atoms with E-state index >= 15 is 0 Å². The predicted molar refractivity (Wildman–Crippen MR) is 124 cm³/mol. The van der Waals surface area contributed by atoms with Crippen molar-refractivity contribution in [3.63, 3.8) is 0 Å². The van der Waals surface area contributed by atoms with Gasteiger partial charge in [0.15, 0.2) is 0 Å². The third-order valence-corrected chi connectivity index (χ3v) is 5.20. The Hall–Kier alpha value is -2.33. The van der Waals surface area contributed by atoms with Gasteiger partial charge < -0.3 is 10.2 Å². The number of hydrogen-bond donors (Lipinski definition) is 1. The van der Waals surface area contributed by atoms with Crippen molar-refractivity contribution in [3.8, 4) is 0 Å². The van der Waals surface area contributed by atoms with Crippen molar-refractivity contribution < 1.29 is 9.59 Å². The van der Waals surface area contributed by atoms with Crippen molar-refractivity contribution in [1.29, 1.82) is 0 Å². The Morgan fingerprint density at radius 2 is 1.67 bits per heavy atom. The van der Waals surface area contributed by atoms with Gasteiger partial charge >= 0.3 is 0 Å². The minimum absolute atomic E-state index is 0.0499. The summed E-state index contributed by atoms with van der Waals surface area (Å²) in [5, 5.41) is 3.59. The van der Waals surface area contributed by atoms with Gasteiger partial charge in [0.25, 0.3) is 0 Å². The smallest absolute Gasteiger partial charge is 0.242 e. The fraction of sp³-hybridized carbons (Fsp3) is 0.440. The molecule has 2 aromatic carbocycles. The Bertz CT molecular complexity index is 856. The van der Waals surface area contributed by atoms with Crippen LogP contribution in [0.1, 0.15) is 57.7 Å². The van der Waals surface area contributed by atoms with Crippen LogP contribution < -0.4 is 5.32 Å². The van der Waals surface area contributed by atoms with Crippen LogP contribution in [0.4, 0.5) is 0 Å². The highest BCUT2D eigenvalue weighted by molar-refractivity contribution is 6.30. The topological polar surface area (TPSA) is 49.4 Å². The van der Waals surface area contributed by atoms with E-state index in [4.69, 9.17) is 11.6 Å². The largest absolute Gasteiger partial charge is 0.350 e. The van der Waals surface area contributed by atoms with Crippen LogP contribution in [-0.2, 0) is 29.0 Å². The van der Waals surface area contributed by atoms with E-state index in [0.717, 1.165) is 17.5 Å². The van der Waals surface area contributed by atoms with Crippen LogP contribution in [0.2, 0.25) is 5.02 Å². The molecule has 30 heavy (non-hydrogen) atoms. The van der Waals surface area contributed by atoms with Crippen LogP contribution in [0.15, 0.2) is 48.5 Å². The first-order valence-corrected chi connectivity index (χ1v) is 10.9. The van der Waals surface area contributed by atoms with E-state index < -0.39 is 6.04 Å². The van der Waals surface area contributed by atoms with Crippen LogP contribution in [-0.4, -0.2) is 28.3 Å². The summed E-state index contributed by atoms with van der Waals surface area (Å²) < 4.78 is 0. The Labute approximate surface area is 185 Å². The molecule has 0 aliphatic rings. The van der Waals surface area contributed by atoms with Gasteiger partial charge in [-0.1, -0.05) is 54.9 Å². The zero-order valence-corrected chi connectivity index (χ0v) is 19.4. The fourth-order valence-corrected chi connectivity index (χ4v) is 3.44. The van der Waals surface area contributed by atoms with Crippen LogP contribution in [0.5, 0.6) is 0 Å². The lowest BCUT2D eigenvalue weighted by Crippen LogP contribution is -2.52. The third kappa shape index (κ3) is 7.49. The SMILES string of the molecule is CCc1ccc(CCC(=O)N(Cc2cccc(Cl)c2)[C@@H](C)C(=O)NC(C)(C)C)cc1. The number of benzene rings is 2. The summed E-state index contributed by atoms with van der Waals surface area (Å²) in [4.78, 5) is 27.6. The molecule has 1 atom stereocenters. The van der Waals surface area contributed by atoms with Gasteiger partial charge in [0.1, 0.15) is 6.04 Å². The molecule has 0 aromatic heterocycles. The molecule has 2 rings (SSSR count). The third-order valence-electron chi connectivity index (χ3n) is 4.97. The molecule has 4 nitrogen and oxygen atoms in total. The van der Waals surface area contributed by atoms with Gasteiger partial charge in [0, 0.05) is 23.5 Å². The number of aryl methyl sites for hydroxylation is 2. The highest BCUT2D eigenvalue weighted by Gasteiger charge is 2.28. The molecule has 5 heteroatoms. The van der Waals surface area contributed by atoms with Gasteiger partial charge in [0.05, 0.1) is 0 Å². The minimum Gasteiger partial charge on any atom is -0.350 e. The molecule has 0 spiro atoms. The van der Waals surface area contributed by atoms with E-state index in [0.29, 0.717) is 24.4 Å². The maximum atomic E-state index is 13.2. The molecule has 0 heterocycles. The van der Waals surface area contributed by atoms with E-state index in [1.54, 1.807) is 17.9 Å². The van der Waals surface area contributed by atoms with Crippen molar-refractivity contribution in [3.05, 3.63) is 70.2 Å². The highest BCUT2D eigenvalue weighted by Crippen LogP contribution is 2.17. The van der Waals surface area contributed by atoms with Crippen molar-refractivity contribution >= 4 is 23.4 Å². The second-order valence-electron chi connectivity index (χ2n) is 8.74. The molecule has 0 aliphatic carbocycles.